The van der Waals surface area contributed by atoms with E-state index in [2.05, 4.69) is 20.9 Å². The fourth-order valence-electron chi connectivity index (χ4n) is 3.92. The molecule has 3 heterocycles. The highest BCUT2D eigenvalue weighted by Gasteiger charge is 2.22. The first kappa shape index (κ1) is 18.4. The maximum Gasteiger partial charge on any atom is 0.325 e. The molecule has 1 aliphatic heterocycles. The van der Waals surface area contributed by atoms with Crippen LogP contribution in [-0.4, -0.2) is 38.6 Å². The smallest absolute Gasteiger partial charge is 0.325 e. The summed E-state index contributed by atoms with van der Waals surface area (Å²) in [5, 5.41) is 1.13. The van der Waals surface area contributed by atoms with Gasteiger partial charge in [-0.1, -0.05) is 18.2 Å². The summed E-state index contributed by atoms with van der Waals surface area (Å²) in [5.74, 6) is 0.414. The van der Waals surface area contributed by atoms with E-state index in [1.54, 1.807) is 0 Å². The molecular weight excluding hydrogens is 356 g/mol. The lowest BCUT2D eigenvalue weighted by molar-refractivity contribution is -0.143. The number of nitrogens with zero attached hydrogens (tertiary/aromatic N) is 3. The van der Waals surface area contributed by atoms with E-state index in [1.165, 1.54) is 0 Å². The minimum absolute atomic E-state index is 0.0202. The Morgan fingerprint density at radius 2 is 2.14 bits per heavy atom. The zero-order chi connectivity index (χ0) is 19.7. The van der Waals surface area contributed by atoms with Crippen LogP contribution in [0.25, 0.3) is 10.9 Å². The van der Waals surface area contributed by atoms with Crippen molar-refractivity contribution in [3.05, 3.63) is 63.5 Å². The summed E-state index contributed by atoms with van der Waals surface area (Å²) in [4.78, 5) is 33.7. The van der Waals surface area contributed by atoms with Crippen molar-refractivity contribution in [2.24, 2.45) is 0 Å². The van der Waals surface area contributed by atoms with E-state index < -0.39 is 0 Å². The number of carbonyl (C=O) groups excluding carboxylic acids is 1. The van der Waals surface area contributed by atoms with E-state index in [1.807, 2.05) is 42.8 Å². The van der Waals surface area contributed by atoms with Crippen LogP contribution < -0.4 is 5.56 Å². The fraction of sp³-hybridized carbons (Fsp3) is 0.381. The summed E-state index contributed by atoms with van der Waals surface area (Å²) in [6.07, 6.45) is 2.73. The second-order valence-corrected chi connectivity index (χ2v) is 7.14. The third-order valence-electron chi connectivity index (χ3n) is 5.14. The Hall–Kier alpha value is -2.93. The molecule has 2 aromatic heterocycles. The third-order valence-corrected chi connectivity index (χ3v) is 5.14. The predicted octanol–water partition coefficient (Wildman–Crippen LogP) is 2.15. The quantitative estimate of drug-likeness (QED) is 0.686. The third kappa shape index (κ3) is 3.57. The SMILES string of the molecule is CCOC(=O)Cn1cc(CN2CCc3c(nc(C)[nH]c3=O)C2)c2ccccc21. The highest BCUT2D eigenvalue weighted by atomic mass is 16.5. The first-order chi connectivity index (χ1) is 13.5. The van der Waals surface area contributed by atoms with E-state index in [-0.39, 0.29) is 18.1 Å². The number of para-hydroxylation sites is 1. The zero-order valence-electron chi connectivity index (χ0n) is 16.2. The number of carbonyl (C=O) groups is 1. The standard InChI is InChI=1S/C21H24N4O3/c1-3-28-20(26)13-25-11-15(16-6-4-5-7-19(16)25)10-24-9-8-17-18(12-24)22-14(2)23-21(17)27/h4-7,11H,3,8-10,12-13H2,1-2H3,(H,22,23,27). The molecule has 0 bridgehead atoms. The molecule has 7 nitrogen and oxygen atoms in total. The summed E-state index contributed by atoms with van der Waals surface area (Å²) in [6, 6.07) is 8.09. The molecule has 1 N–H and O–H groups in total. The molecule has 4 rings (SSSR count). The number of hydrogen-bond acceptors (Lipinski definition) is 5. The molecule has 0 amide bonds. The Balaban J connectivity index is 1.60. The lowest BCUT2D eigenvalue weighted by atomic mass is 10.1. The molecule has 0 unspecified atom stereocenters. The summed E-state index contributed by atoms with van der Waals surface area (Å²) in [5.41, 5.74) is 3.82. The average Bonchev–Trinajstić information content (AvgIpc) is 2.99. The van der Waals surface area contributed by atoms with E-state index >= 15 is 0 Å². The van der Waals surface area contributed by atoms with Crippen molar-refractivity contribution < 1.29 is 9.53 Å². The maximum absolute atomic E-state index is 12.1. The molecule has 0 saturated heterocycles. The van der Waals surface area contributed by atoms with Gasteiger partial charge in [0.2, 0.25) is 0 Å². The number of hydrogen-bond donors (Lipinski definition) is 1. The van der Waals surface area contributed by atoms with Crippen molar-refractivity contribution in [2.45, 2.75) is 39.9 Å². The van der Waals surface area contributed by atoms with E-state index in [9.17, 15) is 9.59 Å². The Labute approximate surface area is 163 Å². The first-order valence-electron chi connectivity index (χ1n) is 9.58. The number of aromatic nitrogens is 3. The van der Waals surface area contributed by atoms with Crippen LogP contribution in [0.3, 0.4) is 0 Å². The molecule has 0 fully saturated rings. The molecular formula is C21H24N4O3. The molecule has 3 aromatic rings. The van der Waals surface area contributed by atoms with Crippen LogP contribution in [0.2, 0.25) is 0 Å². The molecule has 0 aliphatic carbocycles. The lowest BCUT2D eigenvalue weighted by Crippen LogP contribution is -2.35. The number of ether oxygens (including phenoxy) is 1. The van der Waals surface area contributed by atoms with Crippen molar-refractivity contribution in [1.82, 2.24) is 19.4 Å². The summed E-state index contributed by atoms with van der Waals surface area (Å²) in [7, 11) is 0. The van der Waals surface area contributed by atoms with Gasteiger partial charge in [-0.3, -0.25) is 14.5 Å². The van der Waals surface area contributed by atoms with E-state index in [0.29, 0.717) is 25.4 Å². The lowest BCUT2D eigenvalue weighted by Gasteiger charge is -2.27. The van der Waals surface area contributed by atoms with Gasteiger partial charge < -0.3 is 14.3 Å². The first-order valence-corrected chi connectivity index (χ1v) is 9.58. The Bertz CT molecular complexity index is 1080. The van der Waals surface area contributed by atoms with Crippen LogP contribution in [0.4, 0.5) is 0 Å². The number of aromatic amines is 1. The maximum atomic E-state index is 12.1. The summed E-state index contributed by atoms with van der Waals surface area (Å²) < 4.78 is 7.06. The minimum Gasteiger partial charge on any atom is -0.465 e. The molecule has 0 spiro atoms. The van der Waals surface area contributed by atoms with Gasteiger partial charge in [-0.05, 0) is 31.9 Å². The second kappa shape index (κ2) is 7.59. The van der Waals surface area contributed by atoms with Gasteiger partial charge in [0.25, 0.3) is 5.56 Å². The largest absolute Gasteiger partial charge is 0.465 e. The number of fused-ring (bicyclic) bond motifs is 2. The van der Waals surface area contributed by atoms with E-state index in [0.717, 1.165) is 40.8 Å². The van der Waals surface area contributed by atoms with Gasteiger partial charge in [0, 0.05) is 42.3 Å². The minimum atomic E-state index is -0.236. The molecule has 146 valence electrons. The highest BCUT2D eigenvalue weighted by molar-refractivity contribution is 5.85. The predicted molar refractivity (Wildman–Crippen MR) is 106 cm³/mol. The molecule has 0 atom stereocenters. The van der Waals surface area contributed by atoms with Gasteiger partial charge in [-0.2, -0.15) is 0 Å². The molecule has 1 aliphatic rings. The van der Waals surface area contributed by atoms with Crippen LogP contribution in [0.5, 0.6) is 0 Å². The van der Waals surface area contributed by atoms with E-state index in [4.69, 9.17) is 4.74 Å². The van der Waals surface area contributed by atoms with Gasteiger partial charge in [-0.15, -0.1) is 0 Å². The molecule has 1 aromatic carbocycles. The van der Waals surface area contributed by atoms with Crippen LogP contribution in [0, 0.1) is 6.92 Å². The Morgan fingerprint density at radius 1 is 1.32 bits per heavy atom. The van der Waals surface area contributed by atoms with Crippen molar-refractivity contribution in [2.75, 3.05) is 13.2 Å². The van der Waals surface area contributed by atoms with Crippen molar-refractivity contribution in [3.63, 3.8) is 0 Å². The normalized spacial score (nSPS) is 14.2. The van der Waals surface area contributed by atoms with Gasteiger partial charge >= 0.3 is 5.97 Å². The van der Waals surface area contributed by atoms with Crippen LogP contribution in [0.15, 0.2) is 35.3 Å². The topological polar surface area (TPSA) is 80.2 Å². The molecule has 7 heteroatoms. The molecule has 28 heavy (non-hydrogen) atoms. The van der Waals surface area contributed by atoms with Gasteiger partial charge in [-0.25, -0.2) is 4.98 Å². The van der Waals surface area contributed by atoms with Crippen molar-refractivity contribution >= 4 is 16.9 Å². The number of rotatable bonds is 5. The van der Waals surface area contributed by atoms with Crippen molar-refractivity contribution in [1.29, 1.82) is 0 Å². The van der Waals surface area contributed by atoms with Crippen molar-refractivity contribution in [3.8, 4) is 0 Å². The number of H-pyrrole nitrogens is 1. The van der Waals surface area contributed by atoms with Gasteiger partial charge in [0.1, 0.15) is 12.4 Å². The van der Waals surface area contributed by atoms with Crippen LogP contribution in [-0.2, 0) is 35.6 Å². The fourth-order valence-corrected chi connectivity index (χ4v) is 3.92. The van der Waals surface area contributed by atoms with Gasteiger partial charge in [0.05, 0.1) is 12.3 Å². The summed E-state index contributed by atoms with van der Waals surface area (Å²) in [6.45, 7) is 6.39. The zero-order valence-corrected chi connectivity index (χ0v) is 16.2. The number of nitrogens with one attached hydrogen (secondary N) is 1. The number of esters is 1. The van der Waals surface area contributed by atoms with Gasteiger partial charge in [0.15, 0.2) is 0 Å². The Kier molecular flexibility index (Phi) is 5.00. The average molecular weight is 380 g/mol. The number of aryl methyl sites for hydroxylation is 1. The summed E-state index contributed by atoms with van der Waals surface area (Å²) >= 11 is 0. The monoisotopic (exact) mass is 380 g/mol. The van der Waals surface area contributed by atoms with Crippen LogP contribution in [0.1, 0.15) is 29.6 Å². The Morgan fingerprint density at radius 3 is 2.96 bits per heavy atom. The second-order valence-electron chi connectivity index (χ2n) is 7.14. The molecule has 0 radical (unpaired) electrons. The van der Waals surface area contributed by atoms with Crippen LogP contribution >= 0.6 is 0 Å². The number of benzene rings is 1. The highest BCUT2D eigenvalue weighted by Crippen LogP contribution is 2.25. The molecule has 0 saturated carbocycles.